The van der Waals surface area contributed by atoms with Gasteiger partial charge in [0, 0.05) is 31.3 Å². The number of nitrogens with one attached hydrogen (secondary N) is 1. The van der Waals surface area contributed by atoms with E-state index in [9.17, 15) is 4.39 Å². The highest BCUT2D eigenvalue weighted by Crippen LogP contribution is 2.31. The van der Waals surface area contributed by atoms with Gasteiger partial charge in [-0.25, -0.2) is 4.39 Å². The third-order valence-electron chi connectivity index (χ3n) is 2.19. The molecule has 1 rings (SSSR count). The van der Waals surface area contributed by atoms with Gasteiger partial charge in [0.15, 0.2) is 0 Å². The summed E-state index contributed by atoms with van der Waals surface area (Å²) in [6.07, 6.45) is 0.873. The summed E-state index contributed by atoms with van der Waals surface area (Å²) >= 11 is 9.18. The number of rotatable bonds is 8. The molecule has 0 fully saturated rings. The van der Waals surface area contributed by atoms with Crippen LogP contribution < -0.4 is 5.32 Å². The molecule has 1 aromatic carbocycles. The monoisotopic (exact) mass is 339 g/mol. The van der Waals surface area contributed by atoms with E-state index in [1.165, 1.54) is 12.1 Å². The van der Waals surface area contributed by atoms with E-state index < -0.39 is 0 Å². The van der Waals surface area contributed by atoms with E-state index in [1.807, 2.05) is 0 Å². The highest BCUT2D eigenvalue weighted by Gasteiger charge is 2.07. The SMILES string of the molecule is COCCCOCCNc1c(Cl)cc(F)cc1Br. The highest BCUT2D eigenvalue weighted by atomic mass is 79.9. The molecule has 0 aliphatic carbocycles. The number of methoxy groups -OCH3 is 1. The minimum absolute atomic E-state index is 0.348. The topological polar surface area (TPSA) is 30.5 Å². The molecule has 0 bridgehead atoms. The predicted octanol–water partition coefficient (Wildman–Crippen LogP) is 3.71. The summed E-state index contributed by atoms with van der Waals surface area (Å²) in [5, 5.41) is 3.45. The van der Waals surface area contributed by atoms with Crippen LogP contribution in [0.25, 0.3) is 0 Å². The Morgan fingerprint density at radius 1 is 1.33 bits per heavy atom. The van der Waals surface area contributed by atoms with Gasteiger partial charge in [-0.3, -0.25) is 0 Å². The minimum atomic E-state index is -0.367. The van der Waals surface area contributed by atoms with Crippen LogP contribution in [0.1, 0.15) is 6.42 Å². The van der Waals surface area contributed by atoms with Crippen molar-refractivity contribution in [2.45, 2.75) is 6.42 Å². The summed E-state index contributed by atoms with van der Waals surface area (Å²) in [7, 11) is 1.66. The number of benzene rings is 1. The molecule has 0 spiro atoms. The van der Waals surface area contributed by atoms with E-state index in [0.717, 1.165) is 6.42 Å². The lowest BCUT2D eigenvalue weighted by Gasteiger charge is -2.11. The Kier molecular flexibility index (Phi) is 7.58. The summed E-state index contributed by atoms with van der Waals surface area (Å²) in [5.74, 6) is -0.367. The van der Waals surface area contributed by atoms with Crippen LogP contribution in [-0.4, -0.2) is 33.5 Å². The van der Waals surface area contributed by atoms with Crippen LogP contribution in [0, 0.1) is 5.82 Å². The maximum Gasteiger partial charge on any atom is 0.125 e. The summed E-state index contributed by atoms with van der Waals surface area (Å²) in [5.41, 5.74) is 0.679. The van der Waals surface area contributed by atoms with Gasteiger partial charge >= 0.3 is 0 Å². The third kappa shape index (κ3) is 5.52. The molecule has 102 valence electrons. The van der Waals surface area contributed by atoms with Crippen molar-refractivity contribution in [2.75, 3.05) is 38.8 Å². The maximum atomic E-state index is 13.0. The molecule has 3 nitrogen and oxygen atoms in total. The molecular formula is C12H16BrClFNO2. The Hall–Kier alpha value is -0.360. The van der Waals surface area contributed by atoms with Crippen molar-refractivity contribution in [3.8, 4) is 0 Å². The van der Waals surface area contributed by atoms with Crippen LogP contribution in [0.15, 0.2) is 16.6 Å². The highest BCUT2D eigenvalue weighted by molar-refractivity contribution is 9.10. The molecule has 0 amide bonds. The largest absolute Gasteiger partial charge is 0.385 e. The number of hydrogen-bond acceptors (Lipinski definition) is 3. The second-order valence-corrected chi connectivity index (χ2v) is 4.89. The van der Waals surface area contributed by atoms with Crippen LogP contribution in [0.4, 0.5) is 10.1 Å². The Balaban J connectivity index is 2.27. The first-order valence-electron chi connectivity index (χ1n) is 5.60. The van der Waals surface area contributed by atoms with Gasteiger partial charge in [0.1, 0.15) is 5.82 Å². The molecule has 6 heteroatoms. The molecule has 0 unspecified atom stereocenters. The number of anilines is 1. The Bertz CT molecular complexity index is 356. The van der Waals surface area contributed by atoms with Gasteiger partial charge in [0.05, 0.1) is 17.3 Å². The average molecular weight is 341 g/mol. The van der Waals surface area contributed by atoms with E-state index in [2.05, 4.69) is 21.2 Å². The van der Waals surface area contributed by atoms with Gasteiger partial charge < -0.3 is 14.8 Å². The van der Waals surface area contributed by atoms with Crippen LogP contribution >= 0.6 is 27.5 Å². The molecule has 0 saturated carbocycles. The van der Waals surface area contributed by atoms with Crippen LogP contribution in [0.3, 0.4) is 0 Å². The first-order chi connectivity index (χ1) is 8.65. The lowest BCUT2D eigenvalue weighted by atomic mass is 10.3. The van der Waals surface area contributed by atoms with Gasteiger partial charge in [-0.2, -0.15) is 0 Å². The number of ether oxygens (including phenoxy) is 2. The van der Waals surface area contributed by atoms with E-state index >= 15 is 0 Å². The molecule has 1 aromatic rings. The van der Waals surface area contributed by atoms with Crippen LogP contribution in [0.5, 0.6) is 0 Å². The van der Waals surface area contributed by atoms with Crippen molar-refractivity contribution in [3.05, 3.63) is 27.4 Å². The molecule has 0 aliphatic rings. The predicted molar refractivity (Wildman–Crippen MR) is 74.9 cm³/mol. The Labute approximate surface area is 120 Å². The van der Waals surface area contributed by atoms with Gasteiger partial charge in [-0.05, 0) is 34.5 Å². The van der Waals surface area contributed by atoms with Crippen LogP contribution in [0.2, 0.25) is 5.02 Å². The van der Waals surface area contributed by atoms with Gasteiger partial charge in [-0.15, -0.1) is 0 Å². The fraction of sp³-hybridized carbons (Fsp3) is 0.500. The van der Waals surface area contributed by atoms with Crippen molar-refractivity contribution >= 4 is 33.2 Å². The molecule has 1 N–H and O–H groups in total. The normalized spacial score (nSPS) is 10.7. The Morgan fingerprint density at radius 2 is 2.11 bits per heavy atom. The third-order valence-corrected chi connectivity index (χ3v) is 3.12. The van der Waals surface area contributed by atoms with Crippen molar-refractivity contribution in [3.63, 3.8) is 0 Å². The summed E-state index contributed by atoms with van der Waals surface area (Å²) < 4.78 is 23.9. The molecule has 18 heavy (non-hydrogen) atoms. The number of hydrogen-bond donors (Lipinski definition) is 1. The molecule has 0 radical (unpaired) electrons. The van der Waals surface area contributed by atoms with Gasteiger partial charge in [-0.1, -0.05) is 11.6 Å². The lowest BCUT2D eigenvalue weighted by molar-refractivity contribution is 0.109. The smallest absolute Gasteiger partial charge is 0.125 e. The van der Waals surface area contributed by atoms with Crippen molar-refractivity contribution in [1.82, 2.24) is 0 Å². The van der Waals surface area contributed by atoms with Crippen molar-refractivity contribution in [2.24, 2.45) is 0 Å². The maximum absolute atomic E-state index is 13.0. The first kappa shape index (κ1) is 15.7. The van der Waals surface area contributed by atoms with E-state index in [1.54, 1.807) is 7.11 Å². The van der Waals surface area contributed by atoms with E-state index in [4.69, 9.17) is 21.1 Å². The fourth-order valence-electron chi connectivity index (χ4n) is 1.37. The second-order valence-electron chi connectivity index (χ2n) is 3.63. The van der Waals surface area contributed by atoms with Gasteiger partial charge in [0.2, 0.25) is 0 Å². The van der Waals surface area contributed by atoms with Crippen molar-refractivity contribution in [1.29, 1.82) is 0 Å². The summed E-state index contributed by atoms with van der Waals surface area (Å²) in [4.78, 5) is 0. The zero-order chi connectivity index (χ0) is 13.4. The molecule has 0 aliphatic heterocycles. The van der Waals surface area contributed by atoms with E-state index in [-0.39, 0.29) is 5.82 Å². The molecular weight excluding hydrogens is 324 g/mol. The second kappa shape index (κ2) is 8.69. The standard InChI is InChI=1S/C12H16BrClFNO2/c1-17-4-2-5-18-6-3-16-12-10(13)7-9(15)8-11(12)14/h7-8,16H,2-6H2,1H3. The molecule has 0 saturated heterocycles. The summed E-state index contributed by atoms with van der Waals surface area (Å²) in [6, 6.07) is 2.64. The Morgan fingerprint density at radius 3 is 2.78 bits per heavy atom. The first-order valence-corrected chi connectivity index (χ1v) is 6.77. The lowest BCUT2D eigenvalue weighted by Crippen LogP contribution is -2.11. The minimum Gasteiger partial charge on any atom is -0.385 e. The average Bonchev–Trinajstić information content (AvgIpc) is 2.30. The summed E-state index contributed by atoms with van der Waals surface area (Å²) in [6.45, 7) is 2.53. The van der Waals surface area contributed by atoms with Crippen molar-refractivity contribution < 1.29 is 13.9 Å². The zero-order valence-corrected chi connectivity index (χ0v) is 12.5. The molecule has 0 atom stereocenters. The fourth-order valence-corrected chi connectivity index (χ4v) is 2.33. The zero-order valence-electron chi connectivity index (χ0n) is 10.1. The quantitative estimate of drug-likeness (QED) is 0.732. The molecule has 0 aromatic heterocycles. The van der Waals surface area contributed by atoms with Crippen LogP contribution in [-0.2, 0) is 9.47 Å². The number of halogens is 3. The van der Waals surface area contributed by atoms with Gasteiger partial charge in [0.25, 0.3) is 0 Å². The molecule has 0 heterocycles. The van der Waals surface area contributed by atoms with E-state index in [0.29, 0.717) is 41.5 Å².